The van der Waals surface area contributed by atoms with Gasteiger partial charge >= 0.3 is 0 Å². The number of amides is 2. The molecule has 0 unspecified atom stereocenters. The Hall–Kier alpha value is -3.07. The predicted octanol–water partition coefficient (Wildman–Crippen LogP) is 3.01. The van der Waals surface area contributed by atoms with Crippen molar-refractivity contribution in [2.24, 2.45) is 0 Å². The second-order valence-corrected chi connectivity index (χ2v) is 7.78. The molecule has 3 rings (SSSR count). The van der Waals surface area contributed by atoms with Crippen LogP contribution in [0.4, 0.5) is 17.1 Å². The van der Waals surface area contributed by atoms with E-state index >= 15 is 0 Å². The molecule has 29 heavy (non-hydrogen) atoms. The summed E-state index contributed by atoms with van der Waals surface area (Å²) < 4.78 is 0. The second kappa shape index (κ2) is 9.42. The molecule has 0 spiro atoms. The van der Waals surface area contributed by atoms with Crippen LogP contribution in [0.2, 0.25) is 0 Å². The molecule has 0 saturated carbocycles. The van der Waals surface area contributed by atoms with Crippen molar-refractivity contribution in [3.63, 3.8) is 0 Å². The summed E-state index contributed by atoms with van der Waals surface area (Å²) in [6.07, 6.45) is 0.327. The van der Waals surface area contributed by atoms with Crippen molar-refractivity contribution in [1.82, 2.24) is 4.90 Å². The van der Waals surface area contributed by atoms with Crippen LogP contribution >= 0.6 is 11.8 Å². The van der Waals surface area contributed by atoms with Crippen molar-refractivity contribution in [2.45, 2.75) is 6.42 Å². The first-order chi connectivity index (χ1) is 14.0. The maximum atomic E-state index is 12.6. The molecular weight excluding hydrogens is 392 g/mol. The van der Waals surface area contributed by atoms with Crippen molar-refractivity contribution in [3.05, 3.63) is 63.7 Å². The first-order valence-corrected chi connectivity index (χ1v) is 10.4. The van der Waals surface area contributed by atoms with Crippen molar-refractivity contribution in [1.29, 1.82) is 0 Å². The van der Waals surface area contributed by atoms with Gasteiger partial charge in [0.15, 0.2) is 0 Å². The predicted molar refractivity (Wildman–Crippen MR) is 115 cm³/mol. The summed E-state index contributed by atoms with van der Waals surface area (Å²) in [6, 6.07) is 11.1. The maximum absolute atomic E-state index is 12.6. The third-order valence-corrected chi connectivity index (χ3v) is 5.60. The molecule has 1 aliphatic heterocycles. The van der Waals surface area contributed by atoms with Gasteiger partial charge in [-0.2, -0.15) is 11.8 Å². The molecular formula is C20H22N4O4S. The quantitative estimate of drug-likeness (QED) is 0.556. The number of thioether (sulfide) groups is 1. The van der Waals surface area contributed by atoms with E-state index in [2.05, 4.69) is 10.6 Å². The molecule has 152 valence electrons. The summed E-state index contributed by atoms with van der Waals surface area (Å²) in [6.45, 7) is 1.57. The van der Waals surface area contributed by atoms with Crippen LogP contribution in [-0.4, -0.2) is 53.3 Å². The van der Waals surface area contributed by atoms with E-state index < -0.39 is 10.8 Å². The molecule has 2 aromatic carbocycles. The highest BCUT2D eigenvalue weighted by Gasteiger charge is 2.18. The Kier molecular flexibility index (Phi) is 6.71. The molecule has 0 radical (unpaired) electrons. The monoisotopic (exact) mass is 414 g/mol. The third-order valence-electron chi connectivity index (χ3n) is 4.66. The topological polar surface area (TPSA) is 105 Å². The second-order valence-electron chi connectivity index (χ2n) is 6.56. The number of non-ortho nitro benzene ring substituents is 1. The average molecular weight is 414 g/mol. The Morgan fingerprint density at radius 3 is 2.45 bits per heavy atom. The summed E-state index contributed by atoms with van der Waals surface area (Å²) in [5.41, 5.74) is 1.95. The fraction of sp³-hybridized carbons (Fsp3) is 0.300. The van der Waals surface area contributed by atoms with Crippen LogP contribution in [0, 0.1) is 10.1 Å². The van der Waals surface area contributed by atoms with E-state index in [-0.39, 0.29) is 17.2 Å². The summed E-state index contributed by atoms with van der Waals surface area (Å²) in [5.74, 6) is 1.61. The zero-order valence-electron chi connectivity index (χ0n) is 16.0. The molecule has 0 atom stereocenters. The third kappa shape index (κ3) is 5.26. The van der Waals surface area contributed by atoms with E-state index in [4.69, 9.17) is 0 Å². The van der Waals surface area contributed by atoms with Crippen molar-refractivity contribution in [2.75, 3.05) is 42.3 Å². The summed E-state index contributed by atoms with van der Waals surface area (Å²) in [7, 11) is 1.64. The number of rotatable bonds is 6. The first kappa shape index (κ1) is 20.7. The van der Waals surface area contributed by atoms with Crippen LogP contribution in [0.15, 0.2) is 42.5 Å². The lowest BCUT2D eigenvalue weighted by Gasteiger charge is -2.26. The molecule has 2 amide bonds. The van der Waals surface area contributed by atoms with Crippen LogP contribution in [-0.2, 0) is 11.2 Å². The van der Waals surface area contributed by atoms with E-state index in [1.54, 1.807) is 31.3 Å². The molecule has 0 bridgehead atoms. The maximum Gasteiger partial charge on any atom is 0.270 e. The van der Waals surface area contributed by atoms with E-state index in [9.17, 15) is 19.7 Å². The summed E-state index contributed by atoms with van der Waals surface area (Å²) in [5, 5.41) is 16.6. The van der Waals surface area contributed by atoms with Gasteiger partial charge in [-0.25, -0.2) is 0 Å². The molecule has 1 aliphatic rings. The Bertz CT molecular complexity index is 911. The van der Waals surface area contributed by atoms with E-state index in [1.165, 1.54) is 18.2 Å². The van der Waals surface area contributed by atoms with Gasteiger partial charge in [-0.15, -0.1) is 0 Å². The number of hydrogen-bond acceptors (Lipinski definition) is 6. The van der Waals surface area contributed by atoms with Crippen molar-refractivity contribution >= 4 is 40.6 Å². The number of nitro groups is 1. The van der Waals surface area contributed by atoms with Crippen LogP contribution < -0.4 is 10.6 Å². The fourth-order valence-electron chi connectivity index (χ4n) is 3.06. The van der Waals surface area contributed by atoms with Crippen LogP contribution in [0.25, 0.3) is 0 Å². The Morgan fingerprint density at radius 1 is 1.14 bits per heavy atom. The van der Waals surface area contributed by atoms with E-state index in [0.717, 1.165) is 30.2 Å². The lowest BCUT2D eigenvalue weighted by atomic mass is 10.1. The number of carbonyl (C=O) groups excluding carboxylic acids is 2. The summed E-state index contributed by atoms with van der Waals surface area (Å²) >= 11 is 1.86. The Balaban J connectivity index is 1.66. The number of nitrogens with zero attached hydrogens (tertiary/aromatic N) is 2. The largest absolute Gasteiger partial charge is 0.387 e. The van der Waals surface area contributed by atoms with Gasteiger partial charge < -0.3 is 15.5 Å². The smallest absolute Gasteiger partial charge is 0.270 e. The number of nitro benzene ring substituents is 1. The minimum absolute atomic E-state index is 0.109. The van der Waals surface area contributed by atoms with Gasteiger partial charge in [-0.1, -0.05) is 12.1 Å². The SMILES string of the molecule is CNc1ccc([N+](=O)[O-])cc1C(=O)Nc1ccc(CC(=O)N2CCSCC2)cc1. The highest BCUT2D eigenvalue weighted by molar-refractivity contribution is 7.99. The molecule has 1 fully saturated rings. The van der Waals surface area contributed by atoms with Gasteiger partial charge in [-0.3, -0.25) is 19.7 Å². The van der Waals surface area contributed by atoms with Crippen molar-refractivity contribution in [3.8, 4) is 0 Å². The lowest BCUT2D eigenvalue weighted by Crippen LogP contribution is -2.38. The fourth-order valence-corrected chi connectivity index (χ4v) is 3.96. The number of carbonyl (C=O) groups is 2. The zero-order chi connectivity index (χ0) is 20.8. The Labute approximate surface area is 172 Å². The first-order valence-electron chi connectivity index (χ1n) is 9.20. The van der Waals surface area contributed by atoms with Gasteiger partial charge in [0.25, 0.3) is 11.6 Å². The van der Waals surface area contributed by atoms with Gasteiger partial charge in [0.05, 0.1) is 16.9 Å². The zero-order valence-corrected chi connectivity index (χ0v) is 16.8. The van der Waals surface area contributed by atoms with Crippen LogP contribution in [0.3, 0.4) is 0 Å². The molecule has 8 nitrogen and oxygen atoms in total. The molecule has 0 aliphatic carbocycles. The van der Waals surface area contributed by atoms with E-state index in [0.29, 0.717) is 17.8 Å². The average Bonchev–Trinajstić information content (AvgIpc) is 2.75. The molecule has 1 saturated heterocycles. The Morgan fingerprint density at radius 2 is 1.83 bits per heavy atom. The van der Waals surface area contributed by atoms with Gasteiger partial charge in [0, 0.05) is 55.2 Å². The van der Waals surface area contributed by atoms with Crippen molar-refractivity contribution < 1.29 is 14.5 Å². The highest BCUT2D eigenvalue weighted by atomic mass is 32.2. The number of benzene rings is 2. The van der Waals surface area contributed by atoms with E-state index in [1.807, 2.05) is 16.7 Å². The van der Waals surface area contributed by atoms with Gasteiger partial charge in [-0.05, 0) is 23.8 Å². The standard InChI is InChI=1S/C20H22N4O4S/c1-21-18-7-6-16(24(27)28)13-17(18)20(26)22-15-4-2-14(3-5-15)12-19(25)23-8-10-29-11-9-23/h2-7,13,21H,8-12H2,1H3,(H,22,26). The molecule has 0 aromatic heterocycles. The summed E-state index contributed by atoms with van der Waals surface area (Å²) in [4.78, 5) is 37.3. The minimum atomic E-state index is -0.539. The number of hydrogen-bond donors (Lipinski definition) is 2. The lowest BCUT2D eigenvalue weighted by molar-refractivity contribution is -0.384. The molecule has 2 aromatic rings. The van der Waals surface area contributed by atoms with Crippen LogP contribution in [0.1, 0.15) is 15.9 Å². The minimum Gasteiger partial charge on any atom is -0.387 e. The number of nitrogens with one attached hydrogen (secondary N) is 2. The molecule has 9 heteroatoms. The van der Waals surface area contributed by atoms with Crippen LogP contribution in [0.5, 0.6) is 0 Å². The number of anilines is 2. The van der Waals surface area contributed by atoms with Gasteiger partial charge in [0.2, 0.25) is 5.91 Å². The van der Waals surface area contributed by atoms with Gasteiger partial charge in [0.1, 0.15) is 0 Å². The molecule has 2 N–H and O–H groups in total. The normalized spacial score (nSPS) is 13.6. The highest BCUT2D eigenvalue weighted by Crippen LogP contribution is 2.23. The molecule has 1 heterocycles.